The molecule has 0 aliphatic heterocycles. The van der Waals surface area contributed by atoms with Gasteiger partial charge in [0.25, 0.3) is 0 Å². The lowest BCUT2D eigenvalue weighted by atomic mass is 10.1. The molecule has 0 radical (unpaired) electrons. The lowest BCUT2D eigenvalue weighted by Gasteiger charge is -2.13. The van der Waals surface area contributed by atoms with Crippen molar-refractivity contribution in [3.63, 3.8) is 0 Å². The highest BCUT2D eigenvalue weighted by Crippen LogP contribution is 2.06. The van der Waals surface area contributed by atoms with Crippen LogP contribution in [-0.4, -0.2) is 18.0 Å². The smallest absolute Gasteiger partial charge is 0.314 e. The number of urea groups is 1. The Morgan fingerprint density at radius 2 is 2.36 bits per heavy atom. The molecule has 0 aromatic heterocycles. The molecule has 0 saturated carbocycles. The van der Waals surface area contributed by atoms with Gasteiger partial charge in [0.1, 0.15) is 0 Å². The second-order valence-electron chi connectivity index (χ2n) is 3.01. The quantitative estimate of drug-likeness (QED) is 0.755. The summed E-state index contributed by atoms with van der Waals surface area (Å²) in [6.07, 6.45) is 0. The predicted molar refractivity (Wildman–Crippen MR) is 52.2 cm³/mol. The minimum atomic E-state index is -0.479. The maximum Gasteiger partial charge on any atom is 0.314 e. The molecule has 2 N–H and O–H groups in total. The summed E-state index contributed by atoms with van der Waals surface area (Å²) in [7, 11) is 1.61. The van der Waals surface area contributed by atoms with Crippen LogP contribution in [0.3, 0.4) is 0 Å². The van der Waals surface area contributed by atoms with Gasteiger partial charge in [-0.25, -0.2) is 4.79 Å². The third kappa shape index (κ3) is 2.49. The molecular weight excluding hydrogens is 178 g/mol. The highest BCUT2D eigenvalue weighted by atomic mass is 16.2. The average molecular weight is 189 g/mol. The largest absolute Gasteiger partial charge is 0.351 e. The minimum absolute atomic E-state index is 0.421. The topological polar surface area (TPSA) is 70.1 Å². The Hall–Kier alpha value is -2.02. The lowest BCUT2D eigenvalue weighted by Crippen LogP contribution is -2.31. The summed E-state index contributed by atoms with van der Waals surface area (Å²) >= 11 is 0. The summed E-state index contributed by atoms with van der Waals surface area (Å²) in [5.74, 6) is 0. The molecule has 1 aromatic carbocycles. The Bertz CT molecular complexity index is 381. The van der Waals surface area contributed by atoms with E-state index in [1.165, 1.54) is 4.90 Å². The summed E-state index contributed by atoms with van der Waals surface area (Å²) in [4.78, 5) is 12.1. The average Bonchev–Trinajstić information content (AvgIpc) is 2.18. The van der Waals surface area contributed by atoms with Gasteiger partial charge in [-0.2, -0.15) is 5.26 Å². The molecule has 0 fully saturated rings. The van der Waals surface area contributed by atoms with Crippen molar-refractivity contribution in [2.24, 2.45) is 5.73 Å². The van der Waals surface area contributed by atoms with E-state index in [-0.39, 0.29) is 0 Å². The molecule has 0 heterocycles. The summed E-state index contributed by atoms with van der Waals surface area (Å²) in [5.41, 5.74) is 6.55. The first-order valence-corrected chi connectivity index (χ1v) is 4.13. The second-order valence-corrected chi connectivity index (χ2v) is 3.01. The SMILES string of the molecule is CN(Cc1cccc(C#N)c1)C(N)=O. The van der Waals surface area contributed by atoms with Crippen LogP contribution in [0.15, 0.2) is 24.3 Å². The van der Waals surface area contributed by atoms with E-state index < -0.39 is 6.03 Å². The third-order valence-electron chi connectivity index (χ3n) is 1.85. The number of rotatable bonds is 2. The lowest BCUT2D eigenvalue weighted by molar-refractivity contribution is 0.216. The maximum atomic E-state index is 10.7. The fourth-order valence-electron chi connectivity index (χ4n) is 1.09. The molecule has 1 rings (SSSR count). The molecule has 0 atom stereocenters. The van der Waals surface area contributed by atoms with Crippen molar-refractivity contribution < 1.29 is 4.79 Å². The first kappa shape index (κ1) is 10.1. The Balaban J connectivity index is 2.78. The van der Waals surface area contributed by atoms with E-state index in [1.54, 1.807) is 25.2 Å². The van der Waals surface area contributed by atoms with Gasteiger partial charge in [0, 0.05) is 13.6 Å². The predicted octanol–water partition coefficient (Wildman–Crippen LogP) is 1.07. The normalized spacial score (nSPS) is 9.14. The van der Waals surface area contributed by atoms with Gasteiger partial charge in [-0.3, -0.25) is 0 Å². The summed E-state index contributed by atoms with van der Waals surface area (Å²) in [5, 5.41) is 8.65. The van der Waals surface area contributed by atoms with E-state index in [0.717, 1.165) is 5.56 Å². The van der Waals surface area contributed by atoms with E-state index in [2.05, 4.69) is 0 Å². The molecule has 0 aliphatic carbocycles. The van der Waals surface area contributed by atoms with E-state index in [1.807, 2.05) is 12.1 Å². The summed E-state index contributed by atoms with van der Waals surface area (Å²) < 4.78 is 0. The van der Waals surface area contributed by atoms with Crippen LogP contribution in [0.2, 0.25) is 0 Å². The van der Waals surface area contributed by atoms with Crippen LogP contribution in [0.5, 0.6) is 0 Å². The van der Waals surface area contributed by atoms with Crippen LogP contribution in [0.25, 0.3) is 0 Å². The fraction of sp³-hybridized carbons (Fsp3) is 0.200. The van der Waals surface area contributed by atoms with Crippen molar-refractivity contribution in [2.75, 3.05) is 7.05 Å². The number of amides is 2. The highest BCUT2D eigenvalue weighted by molar-refractivity contribution is 5.71. The molecule has 14 heavy (non-hydrogen) atoms. The van der Waals surface area contributed by atoms with Gasteiger partial charge in [0.15, 0.2) is 0 Å². The van der Waals surface area contributed by atoms with Crippen molar-refractivity contribution in [3.8, 4) is 6.07 Å². The molecule has 0 saturated heterocycles. The van der Waals surface area contributed by atoms with Crippen molar-refractivity contribution >= 4 is 6.03 Å². The molecule has 0 aliphatic rings. The first-order valence-electron chi connectivity index (χ1n) is 4.13. The fourth-order valence-corrected chi connectivity index (χ4v) is 1.09. The molecule has 4 heteroatoms. The highest BCUT2D eigenvalue weighted by Gasteiger charge is 2.03. The number of nitriles is 1. The van der Waals surface area contributed by atoms with Gasteiger partial charge in [0.05, 0.1) is 11.6 Å². The van der Waals surface area contributed by atoms with Gasteiger partial charge in [-0.15, -0.1) is 0 Å². The van der Waals surface area contributed by atoms with E-state index in [4.69, 9.17) is 11.0 Å². The number of carbonyl (C=O) groups excluding carboxylic acids is 1. The van der Waals surface area contributed by atoms with Gasteiger partial charge in [-0.1, -0.05) is 12.1 Å². The molecule has 2 amide bonds. The van der Waals surface area contributed by atoms with Gasteiger partial charge in [0.2, 0.25) is 0 Å². The standard InChI is InChI=1S/C10H11N3O/c1-13(10(12)14)7-9-4-2-3-8(5-9)6-11/h2-5H,7H2,1H3,(H2,12,14). The van der Waals surface area contributed by atoms with Gasteiger partial charge in [-0.05, 0) is 17.7 Å². The zero-order chi connectivity index (χ0) is 10.6. The van der Waals surface area contributed by atoms with E-state index in [9.17, 15) is 4.79 Å². The molecule has 72 valence electrons. The third-order valence-corrected chi connectivity index (χ3v) is 1.85. The van der Waals surface area contributed by atoms with Crippen molar-refractivity contribution in [3.05, 3.63) is 35.4 Å². The number of primary amides is 1. The number of nitrogens with zero attached hydrogens (tertiary/aromatic N) is 2. The van der Waals surface area contributed by atoms with Crippen molar-refractivity contribution in [1.82, 2.24) is 4.90 Å². The van der Waals surface area contributed by atoms with Crippen molar-refractivity contribution in [1.29, 1.82) is 5.26 Å². The van der Waals surface area contributed by atoms with Crippen LogP contribution in [-0.2, 0) is 6.54 Å². The zero-order valence-corrected chi connectivity index (χ0v) is 7.90. The first-order chi connectivity index (χ1) is 6.63. The number of benzene rings is 1. The van der Waals surface area contributed by atoms with Crippen molar-refractivity contribution in [2.45, 2.75) is 6.54 Å². The van der Waals surface area contributed by atoms with Crippen LogP contribution in [0, 0.1) is 11.3 Å². The molecular formula is C10H11N3O. The number of hydrogen-bond donors (Lipinski definition) is 1. The van der Waals surface area contributed by atoms with Crippen LogP contribution >= 0.6 is 0 Å². The molecule has 1 aromatic rings. The monoisotopic (exact) mass is 189 g/mol. The summed E-state index contributed by atoms with van der Waals surface area (Å²) in [6.45, 7) is 0.421. The molecule has 0 bridgehead atoms. The van der Waals surface area contributed by atoms with Gasteiger partial charge < -0.3 is 10.6 Å². The van der Waals surface area contributed by atoms with E-state index >= 15 is 0 Å². The number of hydrogen-bond acceptors (Lipinski definition) is 2. The Morgan fingerprint density at radius 3 is 2.93 bits per heavy atom. The summed E-state index contributed by atoms with van der Waals surface area (Å²) in [6, 6.07) is 8.64. The molecule has 0 spiro atoms. The molecule has 0 unspecified atom stereocenters. The minimum Gasteiger partial charge on any atom is -0.351 e. The zero-order valence-electron chi connectivity index (χ0n) is 7.90. The van der Waals surface area contributed by atoms with Crippen LogP contribution in [0.1, 0.15) is 11.1 Å². The Morgan fingerprint density at radius 1 is 1.64 bits per heavy atom. The maximum absolute atomic E-state index is 10.7. The van der Waals surface area contributed by atoms with Crippen LogP contribution in [0.4, 0.5) is 4.79 Å². The molecule has 4 nitrogen and oxygen atoms in total. The second kappa shape index (κ2) is 4.28. The number of nitrogens with two attached hydrogens (primary N) is 1. The van der Waals surface area contributed by atoms with E-state index in [0.29, 0.717) is 12.1 Å². The Labute approximate surface area is 82.5 Å². The number of carbonyl (C=O) groups is 1. The van der Waals surface area contributed by atoms with Gasteiger partial charge >= 0.3 is 6.03 Å². The Kier molecular flexibility index (Phi) is 3.08. The van der Waals surface area contributed by atoms with Crippen LogP contribution < -0.4 is 5.73 Å².